The Balaban J connectivity index is 1.94. The number of nitrogens with zero attached hydrogens (tertiary/aromatic N) is 1. The Labute approximate surface area is 164 Å². The summed E-state index contributed by atoms with van der Waals surface area (Å²) in [6, 6.07) is 1.28. The molecule has 3 saturated carbocycles. The third-order valence-electron chi connectivity index (χ3n) is 6.75. The van der Waals surface area contributed by atoms with Crippen LogP contribution in [-0.4, -0.2) is 38.3 Å². The third-order valence-corrected chi connectivity index (χ3v) is 6.75. The molecule has 8 nitrogen and oxygen atoms in total. The summed E-state index contributed by atoms with van der Waals surface area (Å²) >= 11 is 0. The van der Waals surface area contributed by atoms with E-state index in [2.05, 4.69) is 20.8 Å². The standard InChI is InChI=1S/C20H27NO7/c1-10-13-7-11(20(13,2)3)8-14(10)28-19(22)12-9-15(25-4)17(26-5)18(27-6)16(12)21(23)24/h9-11,13-14H,7-8H2,1-6H3. The third kappa shape index (κ3) is 2.95. The molecule has 3 fully saturated rings. The number of methoxy groups -OCH3 is 3. The molecule has 0 aliphatic heterocycles. The molecule has 0 radical (unpaired) electrons. The molecule has 3 aliphatic carbocycles. The van der Waals surface area contributed by atoms with E-state index >= 15 is 0 Å². The van der Waals surface area contributed by atoms with Gasteiger partial charge < -0.3 is 18.9 Å². The van der Waals surface area contributed by atoms with Gasteiger partial charge in [-0.2, -0.15) is 0 Å². The second-order valence-electron chi connectivity index (χ2n) is 8.20. The number of esters is 1. The van der Waals surface area contributed by atoms with Crippen LogP contribution in [0.4, 0.5) is 5.69 Å². The second-order valence-corrected chi connectivity index (χ2v) is 8.20. The number of nitro groups is 1. The van der Waals surface area contributed by atoms with Gasteiger partial charge in [-0.1, -0.05) is 20.8 Å². The molecule has 3 aliphatic rings. The number of hydrogen-bond donors (Lipinski definition) is 0. The Hall–Kier alpha value is -2.51. The van der Waals surface area contributed by atoms with Gasteiger partial charge in [0.25, 0.3) is 0 Å². The van der Waals surface area contributed by atoms with Gasteiger partial charge in [0, 0.05) is 6.07 Å². The summed E-state index contributed by atoms with van der Waals surface area (Å²) in [6.07, 6.45) is 1.66. The van der Waals surface area contributed by atoms with Crippen LogP contribution in [-0.2, 0) is 4.74 Å². The molecule has 0 spiro atoms. The first-order valence-electron chi connectivity index (χ1n) is 9.35. The van der Waals surface area contributed by atoms with Gasteiger partial charge in [0.15, 0.2) is 5.75 Å². The van der Waals surface area contributed by atoms with Gasteiger partial charge in [0.05, 0.1) is 26.3 Å². The molecule has 2 bridgehead atoms. The minimum Gasteiger partial charge on any atom is -0.493 e. The van der Waals surface area contributed by atoms with Crippen LogP contribution >= 0.6 is 0 Å². The average Bonchev–Trinajstić information content (AvgIpc) is 2.66. The summed E-state index contributed by atoms with van der Waals surface area (Å²) < 4.78 is 21.3. The van der Waals surface area contributed by atoms with Crippen molar-refractivity contribution in [1.29, 1.82) is 0 Å². The Morgan fingerprint density at radius 1 is 1.14 bits per heavy atom. The Morgan fingerprint density at radius 2 is 1.79 bits per heavy atom. The fraction of sp³-hybridized carbons (Fsp3) is 0.650. The fourth-order valence-electron chi connectivity index (χ4n) is 4.94. The van der Waals surface area contributed by atoms with Gasteiger partial charge in [-0.3, -0.25) is 10.1 Å². The molecular weight excluding hydrogens is 366 g/mol. The highest BCUT2D eigenvalue weighted by Gasteiger charge is 2.57. The van der Waals surface area contributed by atoms with E-state index in [1.807, 2.05) is 0 Å². The van der Waals surface area contributed by atoms with Gasteiger partial charge in [-0.15, -0.1) is 0 Å². The summed E-state index contributed by atoms with van der Waals surface area (Å²) in [7, 11) is 4.01. The maximum atomic E-state index is 12.9. The van der Waals surface area contributed by atoms with E-state index < -0.39 is 16.6 Å². The van der Waals surface area contributed by atoms with Crippen LogP contribution in [0.5, 0.6) is 17.2 Å². The number of carbonyl (C=O) groups excluding carboxylic acids is 1. The monoisotopic (exact) mass is 393 g/mol. The fourth-order valence-corrected chi connectivity index (χ4v) is 4.94. The number of hydrogen-bond acceptors (Lipinski definition) is 7. The minimum atomic E-state index is -0.748. The minimum absolute atomic E-state index is 0.0577. The molecule has 0 amide bonds. The number of rotatable bonds is 6. The normalized spacial score (nSPS) is 27.4. The van der Waals surface area contributed by atoms with Crippen LogP contribution in [0.1, 0.15) is 44.0 Å². The predicted octanol–water partition coefficient (Wildman–Crippen LogP) is 3.85. The second kappa shape index (κ2) is 7.14. The molecular formula is C20H27NO7. The molecule has 4 unspecified atom stereocenters. The van der Waals surface area contributed by atoms with Gasteiger partial charge in [0.1, 0.15) is 11.7 Å². The van der Waals surface area contributed by atoms with Gasteiger partial charge in [-0.25, -0.2) is 4.79 Å². The zero-order chi connectivity index (χ0) is 20.8. The van der Waals surface area contributed by atoms with E-state index in [0.717, 1.165) is 12.8 Å². The van der Waals surface area contributed by atoms with Crippen molar-refractivity contribution >= 4 is 11.7 Å². The lowest BCUT2D eigenvalue weighted by Gasteiger charge is -2.61. The highest BCUT2D eigenvalue weighted by Crippen LogP contribution is 2.61. The van der Waals surface area contributed by atoms with Crippen molar-refractivity contribution in [3.8, 4) is 17.2 Å². The van der Waals surface area contributed by atoms with Crippen LogP contribution < -0.4 is 14.2 Å². The first-order chi connectivity index (χ1) is 13.2. The summed E-state index contributed by atoms with van der Waals surface area (Å²) in [5.41, 5.74) is -0.440. The topological polar surface area (TPSA) is 97.1 Å². The van der Waals surface area contributed by atoms with Crippen LogP contribution in [0.15, 0.2) is 6.07 Å². The van der Waals surface area contributed by atoms with Crippen molar-refractivity contribution in [3.63, 3.8) is 0 Å². The van der Waals surface area contributed by atoms with Crippen LogP contribution in [0.2, 0.25) is 0 Å². The molecule has 0 saturated heterocycles. The van der Waals surface area contributed by atoms with Crippen molar-refractivity contribution in [2.75, 3.05) is 21.3 Å². The van der Waals surface area contributed by atoms with E-state index in [1.165, 1.54) is 27.4 Å². The lowest BCUT2D eigenvalue weighted by molar-refractivity contribution is -0.386. The molecule has 1 aromatic rings. The molecule has 0 heterocycles. The molecule has 4 rings (SSSR count). The highest BCUT2D eigenvalue weighted by atomic mass is 16.6. The van der Waals surface area contributed by atoms with Crippen molar-refractivity contribution in [2.24, 2.45) is 23.2 Å². The van der Waals surface area contributed by atoms with Crippen molar-refractivity contribution in [2.45, 2.75) is 39.7 Å². The number of fused-ring (bicyclic) bond motifs is 2. The lowest BCUT2D eigenvalue weighted by atomic mass is 9.45. The zero-order valence-corrected chi connectivity index (χ0v) is 17.1. The molecule has 1 aromatic carbocycles. The first kappa shape index (κ1) is 20.2. The lowest BCUT2D eigenvalue weighted by Crippen LogP contribution is -2.57. The maximum absolute atomic E-state index is 12.9. The molecule has 154 valence electrons. The zero-order valence-electron chi connectivity index (χ0n) is 17.1. The van der Waals surface area contributed by atoms with Crippen molar-refractivity contribution < 1.29 is 28.7 Å². The van der Waals surface area contributed by atoms with Crippen LogP contribution in [0.3, 0.4) is 0 Å². The van der Waals surface area contributed by atoms with E-state index in [0.29, 0.717) is 11.8 Å². The van der Waals surface area contributed by atoms with Gasteiger partial charge >= 0.3 is 11.7 Å². The summed E-state index contributed by atoms with van der Waals surface area (Å²) in [5, 5.41) is 11.7. The summed E-state index contributed by atoms with van der Waals surface area (Å²) in [5.74, 6) is 0.492. The number of carbonyl (C=O) groups is 1. The largest absolute Gasteiger partial charge is 0.493 e. The molecule has 4 atom stereocenters. The first-order valence-corrected chi connectivity index (χ1v) is 9.35. The molecule has 0 aromatic heterocycles. The average molecular weight is 393 g/mol. The van der Waals surface area contributed by atoms with E-state index in [-0.39, 0.29) is 40.2 Å². The van der Waals surface area contributed by atoms with Gasteiger partial charge in [0.2, 0.25) is 11.5 Å². The Morgan fingerprint density at radius 3 is 2.25 bits per heavy atom. The molecule has 8 heteroatoms. The van der Waals surface area contributed by atoms with Gasteiger partial charge in [-0.05, 0) is 36.0 Å². The Bertz CT molecular complexity index is 804. The summed E-state index contributed by atoms with van der Waals surface area (Å²) in [6.45, 7) is 6.60. The van der Waals surface area contributed by atoms with E-state index in [1.54, 1.807) is 0 Å². The molecule has 28 heavy (non-hydrogen) atoms. The predicted molar refractivity (Wildman–Crippen MR) is 101 cm³/mol. The maximum Gasteiger partial charge on any atom is 0.345 e. The number of benzene rings is 1. The Kier molecular flexibility index (Phi) is 5.16. The smallest absolute Gasteiger partial charge is 0.345 e. The SMILES string of the molecule is COc1cc(C(=O)OC2CC3CC(C2C)C3(C)C)c([N+](=O)[O-])c(OC)c1OC. The highest BCUT2D eigenvalue weighted by molar-refractivity contribution is 5.97. The van der Waals surface area contributed by atoms with E-state index in [4.69, 9.17) is 18.9 Å². The number of nitro benzene ring substituents is 1. The van der Waals surface area contributed by atoms with Crippen LogP contribution in [0.25, 0.3) is 0 Å². The van der Waals surface area contributed by atoms with Crippen molar-refractivity contribution in [1.82, 2.24) is 0 Å². The molecule has 0 N–H and O–H groups in total. The van der Waals surface area contributed by atoms with E-state index in [9.17, 15) is 14.9 Å². The number of ether oxygens (including phenoxy) is 4. The van der Waals surface area contributed by atoms with Crippen LogP contribution in [0, 0.1) is 33.3 Å². The van der Waals surface area contributed by atoms with Crippen molar-refractivity contribution in [3.05, 3.63) is 21.7 Å². The quantitative estimate of drug-likeness (QED) is 0.411. The summed E-state index contributed by atoms with van der Waals surface area (Å²) in [4.78, 5) is 24.0.